The van der Waals surface area contributed by atoms with Crippen molar-refractivity contribution in [1.82, 2.24) is 4.90 Å². The molecule has 0 saturated carbocycles. The van der Waals surface area contributed by atoms with E-state index in [1.807, 2.05) is 18.2 Å². The van der Waals surface area contributed by atoms with Crippen LogP contribution in [0, 0.1) is 0 Å². The SMILES string of the molecule is CCN(Cc1cc(OC)ccc1C=CC(=O)O)C(C)C. The van der Waals surface area contributed by atoms with Gasteiger partial charge >= 0.3 is 5.97 Å². The molecule has 0 saturated heterocycles. The van der Waals surface area contributed by atoms with E-state index in [1.54, 1.807) is 13.2 Å². The van der Waals surface area contributed by atoms with Crippen LogP contribution in [0.1, 0.15) is 31.9 Å². The smallest absolute Gasteiger partial charge is 0.328 e. The van der Waals surface area contributed by atoms with Crippen molar-refractivity contribution < 1.29 is 14.6 Å². The lowest BCUT2D eigenvalue weighted by molar-refractivity contribution is -0.131. The number of aliphatic carboxylic acids is 1. The number of nitrogens with zero attached hydrogens (tertiary/aromatic N) is 1. The van der Waals surface area contributed by atoms with Gasteiger partial charge in [0.15, 0.2) is 0 Å². The number of benzene rings is 1. The van der Waals surface area contributed by atoms with E-state index in [0.717, 1.165) is 36.0 Å². The van der Waals surface area contributed by atoms with Crippen molar-refractivity contribution in [1.29, 1.82) is 0 Å². The number of methoxy groups -OCH3 is 1. The second-order valence-electron chi connectivity index (χ2n) is 4.89. The largest absolute Gasteiger partial charge is 0.497 e. The van der Waals surface area contributed by atoms with Crippen molar-refractivity contribution in [3.8, 4) is 5.75 Å². The first kappa shape index (κ1) is 16.2. The summed E-state index contributed by atoms with van der Waals surface area (Å²) in [7, 11) is 1.63. The molecule has 0 aromatic heterocycles. The maximum Gasteiger partial charge on any atom is 0.328 e. The van der Waals surface area contributed by atoms with Gasteiger partial charge in [-0.05, 0) is 49.7 Å². The molecule has 110 valence electrons. The number of hydrogen-bond acceptors (Lipinski definition) is 3. The highest BCUT2D eigenvalue weighted by Crippen LogP contribution is 2.21. The number of ether oxygens (including phenoxy) is 1. The zero-order valence-corrected chi connectivity index (χ0v) is 12.6. The molecule has 20 heavy (non-hydrogen) atoms. The third-order valence-electron chi connectivity index (χ3n) is 3.27. The highest BCUT2D eigenvalue weighted by molar-refractivity contribution is 5.85. The van der Waals surface area contributed by atoms with Crippen LogP contribution < -0.4 is 4.74 Å². The lowest BCUT2D eigenvalue weighted by Gasteiger charge is -2.25. The Morgan fingerprint density at radius 1 is 1.45 bits per heavy atom. The standard InChI is InChI=1S/C16H23NO3/c1-5-17(12(2)3)11-14-10-15(20-4)8-6-13(14)7-9-16(18)19/h6-10,12H,5,11H2,1-4H3,(H,18,19). The number of carbonyl (C=O) groups is 1. The second kappa shape index (κ2) is 7.70. The monoisotopic (exact) mass is 277 g/mol. The molecule has 0 aliphatic heterocycles. The summed E-state index contributed by atoms with van der Waals surface area (Å²) in [5, 5.41) is 8.76. The number of rotatable bonds is 7. The molecule has 0 radical (unpaired) electrons. The van der Waals surface area contributed by atoms with Crippen LogP contribution in [0.3, 0.4) is 0 Å². The maximum absolute atomic E-state index is 10.7. The fraction of sp³-hybridized carbons (Fsp3) is 0.438. The zero-order valence-electron chi connectivity index (χ0n) is 12.6. The Morgan fingerprint density at radius 3 is 2.65 bits per heavy atom. The maximum atomic E-state index is 10.7. The van der Waals surface area contributed by atoms with Crippen LogP contribution in [0.5, 0.6) is 5.75 Å². The fourth-order valence-electron chi connectivity index (χ4n) is 2.05. The van der Waals surface area contributed by atoms with Gasteiger partial charge in [-0.1, -0.05) is 13.0 Å². The normalized spacial score (nSPS) is 11.5. The van der Waals surface area contributed by atoms with Crippen molar-refractivity contribution in [3.05, 3.63) is 35.4 Å². The van der Waals surface area contributed by atoms with Gasteiger partial charge in [0.05, 0.1) is 7.11 Å². The first-order chi connectivity index (χ1) is 9.47. The molecule has 0 amide bonds. The predicted octanol–water partition coefficient (Wildman–Crippen LogP) is 3.02. The van der Waals surface area contributed by atoms with Crippen molar-refractivity contribution in [2.24, 2.45) is 0 Å². The molecule has 1 rings (SSSR count). The van der Waals surface area contributed by atoms with E-state index in [-0.39, 0.29) is 0 Å². The van der Waals surface area contributed by atoms with Gasteiger partial charge in [-0.25, -0.2) is 4.79 Å². The summed E-state index contributed by atoms with van der Waals surface area (Å²) in [5.74, 6) is -0.157. The van der Waals surface area contributed by atoms with E-state index in [9.17, 15) is 4.79 Å². The summed E-state index contributed by atoms with van der Waals surface area (Å²) in [5.41, 5.74) is 1.98. The molecule has 0 heterocycles. The lowest BCUT2D eigenvalue weighted by atomic mass is 10.0. The molecule has 4 nitrogen and oxygen atoms in total. The number of hydrogen-bond donors (Lipinski definition) is 1. The summed E-state index contributed by atoms with van der Waals surface area (Å²) in [4.78, 5) is 13.0. The third kappa shape index (κ3) is 4.70. The van der Waals surface area contributed by atoms with Crippen molar-refractivity contribution in [3.63, 3.8) is 0 Å². The third-order valence-corrected chi connectivity index (χ3v) is 3.27. The average Bonchev–Trinajstić information content (AvgIpc) is 2.42. The van der Waals surface area contributed by atoms with Gasteiger partial charge in [0.25, 0.3) is 0 Å². The highest BCUT2D eigenvalue weighted by Gasteiger charge is 2.11. The van der Waals surface area contributed by atoms with Crippen LogP contribution in [0.2, 0.25) is 0 Å². The highest BCUT2D eigenvalue weighted by atomic mass is 16.5. The van der Waals surface area contributed by atoms with Gasteiger partial charge in [0.1, 0.15) is 5.75 Å². The fourth-order valence-corrected chi connectivity index (χ4v) is 2.05. The Hall–Kier alpha value is -1.81. The Balaban J connectivity index is 3.08. The van der Waals surface area contributed by atoms with Crippen LogP contribution >= 0.6 is 0 Å². The van der Waals surface area contributed by atoms with Gasteiger partial charge in [0, 0.05) is 18.7 Å². The Labute approximate surface area is 120 Å². The molecule has 0 aliphatic rings. The Bertz CT molecular complexity index is 481. The van der Waals surface area contributed by atoms with Crippen LogP contribution in [-0.4, -0.2) is 35.7 Å². The molecule has 1 N–H and O–H groups in total. The predicted molar refractivity (Wildman–Crippen MR) is 80.9 cm³/mol. The van der Waals surface area contributed by atoms with E-state index in [1.165, 1.54) is 0 Å². The molecular weight excluding hydrogens is 254 g/mol. The summed E-state index contributed by atoms with van der Waals surface area (Å²) >= 11 is 0. The minimum absolute atomic E-state index is 0.433. The molecule has 0 atom stereocenters. The van der Waals surface area contributed by atoms with Crippen molar-refractivity contribution in [2.75, 3.05) is 13.7 Å². The Kier molecular flexibility index (Phi) is 6.25. The molecule has 0 spiro atoms. The molecule has 0 fully saturated rings. The molecule has 4 heteroatoms. The van der Waals surface area contributed by atoms with Gasteiger partial charge in [-0.2, -0.15) is 0 Å². The van der Waals surface area contributed by atoms with E-state index < -0.39 is 5.97 Å². The average molecular weight is 277 g/mol. The molecule has 0 unspecified atom stereocenters. The van der Waals surface area contributed by atoms with Gasteiger partial charge < -0.3 is 9.84 Å². The van der Waals surface area contributed by atoms with Crippen molar-refractivity contribution >= 4 is 12.0 Å². The first-order valence-corrected chi connectivity index (χ1v) is 6.79. The van der Waals surface area contributed by atoms with Crippen LogP contribution in [0.4, 0.5) is 0 Å². The molecule has 1 aromatic carbocycles. The molecular formula is C16H23NO3. The zero-order chi connectivity index (χ0) is 15.1. The summed E-state index contributed by atoms with van der Waals surface area (Å²) in [6, 6.07) is 6.13. The topological polar surface area (TPSA) is 49.8 Å². The summed E-state index contributed by atoms with van der Waals surface area (Å²) in [6.07, 6.45) is 2.79. The number of carboxylic acids is 1. The van der Waals surface area contributed by atoms with Crippen LogP contribution in [0.15, 0.2) is 24.3 Å². The van der Waals surface area contributed by atoms with E-state index in [4.69, 9.17) is 9.84 Å². The summed E-state index contributed by atoms with van der Waals surface area (Å²) < 4.78 is 5.25. The first-order valence-electron chi connectivity index (χ1n) is 6.79. The lowest BCUT2D eigenvalue weighted by Crippen LogP contribution is -2.30. The number of carboxylic acid groups (broad SMARTS) is 1. The quantitative estimate of drug-likeness (QED) is 0.778. The minimum Gasteiger partial charge on any atom is -0.497 e. The van der Waals surface area contributed by atoms with Gasteiger partial charge in [-0.3, -0.25) is 4.90 Å². The van der Waals surface area contributed by atoms with E-state index >= 15 is 0 Å². The molecule has 0 aliphatic carbocycles. The van der Waals surface area contributed by atoms with Gasteiger partial charge in [-0.15, -0.1) is 0 Å². The van der Waals surface area contributed by atoms with Crippen LogP contribution in [-0.2, 0) is 11.3 Å². The van der Waals surface area contributed by atoms with E-state index in [0.29, 0.717) is 6.04 Å². The second-order valence-corrected chi connectivity index (χ2v) is 4.89. The van der Waals surface area contributed by atoms with E-state index in [2.05, 4.69) is 25.7 Å². The summed E-state index contributed by atoms with van der Waals surface area (Å²) in [6.45, 7) is 8.13. The molecule has 1 aromatic rings. The Morgan fingerprint density at radius 2 is 2.15 bits per heavy atom. The molecule has 0 bridgehead atoms. The van der Waals surface area contributed by atoms with Crippen LogP contribution in [0.25, 0.3) is 6.08 Å². The van der Waals surface area contributed by atoms with Gasteiger partial charge in [0.2, 0.25) is 0 Å². The minimum atomic E-state index is -0.942. The van der Waals surface area contributed by atoms with Crippen molar-refractivity contribution in [2.45, 2.75) is 33.4 Å².